The van der Waals surface area contributed by atoms with Gasteiger partial charge in [0.2, 0.25) is 0 Å². The first-order chi connectivity index (χ1) is 5.84. The van der Waals surface area contributed by atoms with Gasteiger partial charge < -0.3 is 9.59 Å². The topological polar surface area (TPSA) is 37.3 Å². The molecule has 3 heteroatoms. The van der Waals surface area contributed by atoms with E-state index in [1.54, 1.807) is 0 Å². The molecular formula is C10H20NO2+. The number of quaternary nitrogens is 1. The van der Waals surface area contributed by atoms with Gasteiger partial charge in [-0.3, -0.25) is 4.79 Å². The molecule has 1 aliphatic rings. The first kappa shape index (κ1) is 10.7. The summed E-state index contributed by atoms with van der Waals surface area (Å²) in [7, 11) is 4.03. The third-order valence-corrected chi connectivity index (χ3v) is 2.92. The van der Waals surface area contributed by atoms with Crippen molar-refractivity contribution in [2.75, 3.05) is 20.6 Å². The van der Waals surface area contributed by atoms with Crippen LogP contribution in [-0.4, -0.2) is 48.2 Å². The molecule has 0 bridgehead atoms. The minimum atomic E-state index is -0.303. The van der Waals surface area contributed by atoms with E-state index in [-0.39, 0.29) is 23.8 Å². The molecule has 13 heavy (non-hydrogen) atoms. The van der Waals surface area contributed by atoms with Crippen LogP contribution in [0.3, 0.4) is 0 Å². The quantitative estimate of drug-likeness (QED) is 0.635. The van der Waals surface area contributed by atoms with E-state index in [0.29, 0.717) is 17.4 Å². The van der Waals surface area contributed by atoms with E-state index in [4.69, 9.17) is 0 Å². The second kappa shape index (κ2) is 3.39. The number of carbonyl (C=O) groups excluding carboxylic acids is 1. The third kappa shape index (κ3) is 2.09. The van der Waals surface area contributed by atoms with Gasteiger partial charge in [0.25, 0.3) is 0 Å². The summed E-state index contributed by atoms with van der Waals surface area (Å²) in [6, 6.07) is -0.00463. The van der Waals surface area contributed by atoms with E-state index in [2.05, 4.69) is 0 Å². The summed E-state index contributed by atoms with van der Waals surface area (Å²) in [5.41, 5.74) is 0. The van der Waals surface area contributed by atoms with Crippen LogP contribution in [0.4, 0.5) is 0 Å². The number of hydrogen-bond donors (Lipinski definition) is 1. The molecule has 0 amide bonds. The van der Waals surface area contributed by atoms with Crippen molar-refractivity contribution in [2.24, 2.45) is 5.92 Å². The van der Waals surface area contributed by atoms with Gasteiger partial charge in [0.1, 0.15) is 12.6 Å². The van der Waals surface area contributed by atoms with E-state index < -0.39 is 0 Å². The lowest BCUT2D eigenvalue weighted by atomic mass is 9.99. The van der Waals surface area contributed by atoms with Crippen molar-refractivity contribution >= 4 is 5.78 Å². The minimum absolute atomic E-state index is 0.00463. The Hall–Kier alpha value is -0.410. The van der Waals surface area contributed by atoms with E-state index in [0.717, 1.165) is 0 Å². The fraction of sp³-hybridized carbons (Fsp3) is 0.900. The van der Waals surface area contributed by atoms with Gasteiger partial charge in [-0.2, -0.15) is 0 Å². The lowest BCUT2D eigenvalue weighted by molar-refractivity contribution is -0.894. The lowest BCUT2D eigenvalue weighted by Gasteiger charge is -2.31. The number of rotatable bonds is 2. The lowest BCUT2D eigenvalue weighted by Crippen LogP contribution is -2.49. The van der Waals surface area contributed by atoms with E-state index in [9.17, 15) is 9.90 Å². The number of hydrogen-bond acceptors (Lipinski definition) is 2. The average molecular weight is 186 g/mol. The zero-order chi connectivity index (χ0) is 10.2. The molecule has 1 fully saturated rings. The van der Waals surface area contributed by atoms with Crippen molar-refractivity contribution in [1.29, 1.82) is 0 Å². The fourth-order valence-electron chi connectivity index (χ4n) is 2.13. The SMILES string of the molecule is CC(C)C(=O)[C@H]1C[C@@H](O)C[N+]1(C)C. The molecule has 2 atom stereocenters. The highest BCUT2D eigenvalue weighted by molar-refractivity contribution is 5.84. The van der Waals surface area contributed by atoms with Crippen LogP contribution in [0.15, 0.2) is 0 Å². The van der Waals surface area contributed by atoms with E-state index in [1.165, 1.54) is 0 Å². The molecule has 0 unspecified atom stereocenters. The normalized spacial score (nSPS) is 32.5. The van der Waals surface area contributed by atoms with Gasteiger partial charge in [-0.05, 0) is 0 Å². The maximum Gasteiger partial charge on any atom is 0.192 e. The summed E-state index contributed by atoms with van der Waals surface area (Å²) in [6.07, 6.45) is 0.326. The van der Waals surface area contributed by atoms with Gasteiger partial charge in [-0.25, -0.2) is 0 Å². The molecule has 1 heterocycles. The van der Waals surface area contributed by atoms with Gasteiger partial charge >= 0.3 is 0 Å². The van der Waals surface area contributed by atoms with Crippen molar-refractivity contribution in [1.82, 2.24) is 0 Å². The molecule has 1 N–H and O–H groups in total. The van der Waals surface area contributed by atoms with E-state index in [1.807, 2.05) is 27.9 Å². The van der Waals surface area contributed by atoms with Gasteiger partial charge in [-0.1, -0.05) is 13.8 Å². The Balaban J connectivity index is 2.75. The maximum atomic E-state index is 11.8. The van der Waals surface area contributed by atoms with Crippen LogP contribution in [0.5, 0.6) is 0 Å². The molecule has 3 nitrogen and oxygen atoms in total. The van der Waals surface area contributed by atoms with Gasteiger partial charge in [-0.15, -0.1) is 0 Å². The first-order valence-corrected chi connectivity index (χ1v) is 4.89. The number of likely N-dealkylation sites (N-methyl/N-ethyl adjacent to an activating group) is 1. The Bertz CT molecular complexity index is 211. The largest absolute Gasteiger partial charge is 0.387 e. The molecule has 0 aliphatic carbocycles. The molecule has 76 valence electrons. The zero-order valence-corrected chi connectivity index (χ0v) is 8.95. The van der Waals surface area contributed by atoms with Crippen LogP contribution < -0.4 is 0 Å². The van der Waals surface area contributed by atoms with Gasteiger partial charge in [0.15, 0.2) is 11.8 Å². The van der Waals surface area contributed by atoms with Crippen molar-refractivity contribution in [3.8, 4) is 0 Å². The van der Waals surface area contributed by atoms with Crippen LogP contribution in [-0.2, 0) is 4.79 Å². The molecule has 1 aliphatic heterocycles. The monoisotopic (exact) mass is 186 g/mol. The van der Waals surface area contributed by atoms with Crippen molar-refractivity contribution in [2.45, 2.75) is 32.4 Å². The Morgan fingerprint density at radius 1 is 1.46 bits per heavy atom. The van der Waals surface area contributed by atoms with Crippen LogP contribution in [0.25, 0.3) is 0 Å². The third-order valence-electron chi connectivity index (χ3n) is 2.92. The minimum Gasteiger partial charge on any atom is -0.387 e. The molecule has 0 saturated carbocycles. The maximum absolute atomic E-state index is 11.8. The summed E-state index contributed by atoms with van der Waals surface area (Å²) in [4.78, 5) is 11.8. The van der Waals surface area contributed by atoms with E-state index >= 15 is 0 Å². The van der Waals surface area contributed by atoms with Crippen molar-refractivity contribution in [3.05, 3.63) is 0 Å². The predicted octanol–water partition coefficient (Wildman–Crippen LogP) is 0.421. The molecule has 1 saturated heterocycles. The zero-order valence-electron chi connectivity index (χ0n) is 8.95. The van der Waals surface area contributed by atoms with Crippen LogP contribution in [0.1, 0.15) is 20.3 Å². The number of aliphatic hydroxyl groups is 1. The van der Waals surface area contributed by atoms with Crippen molar-refractivity contribution in [3.63, 3.8) is 0 Å². The molecule has 0 aromatic heterocycles. The molecule has 0 spiro atoms. The van der Waals surface area contributed by atoms with Crippen molar-refractivity contribution < 1.29 is 14.4 Å². The highest BCUT2D eigenvalue weighted by Crippen LogP contribution is 2.25. The van der Waals surface area contributed by atoms with Crippen LogP contribution >= 0.6 is 0 Å². The highest BCUT2D eigenvalue weighted by Gasteiger charge is 2.44. The van der Waals surface area contributed by atoms with Crippen LogP contribution in [0.2, 0.25) is 0 Å². The molecule has 0 radical (unpaired) electrons. The Kier molecular flexibility index (Phi) is 2.78. The molecular weight excluding hydrogens is 166 g/mol. The number of Topliss-reactive ketones (excluding diaryl/α,β-unsaturated/α-hetero) is 1. The number of carbonyl (C=O) groups is 1. The van der Waals surface area contributed by atoms with Gasteiger partial charge in [0.05, 0.1) is 14.1 Å². The van der Waals surface area contributed by atoms with Gasteiger partial charge in [0, 0.05) is 12.3 Å². The number of nitrogens with zero attached hydrogens (tertiary/aromatic N) is 1. The van der Waals surface area contributed by atoms with Crippen LogP contribution in [0, 0.1) is 5.92 Å². The number of ketones is 1. The Morgan fingerprint density at radius 3 is 2.31 bits per heavy atom. The highest BCUT2D eigenvalue weighted by atomic mass is 16.3. The second-order valence-corrected chi connectivity index (χ2v) is 4.92. The summed E-state index contributed by atoms with van der Waals surface area (Å²) in [5, 5.41) is 9.50. The molecule has 0 aromatic rings. The molecule has 1 rings (SSSR count). The summed E-state index contributed by atoms with van der Waals surface area (Å²) >= 11 is 0. The summed E-state index contributed by atoms with van der Waals surface area (Å²) in [6.45, 7) is 4.54. The number of aliphatic hydroxyl groups excluding tert-OH is 1. The average Bonchev–Trinajstić information content (AvgIpc) is 2.22. The summed E-state index contributed by atoms with van der Waals surface area (Å²) in [5.74, 6) is 0.356. The fourth-order valence-corrected chi connectivity index (χ4v) is 2.13. The summed E-state index contributed by atoms with van der Waals surface area (Å²) < 4.78 is 0.637. The second-order valence-electron chi connectivity index (χ2n) is 4.92. The molecule has 0 aromatic carbocycles. The number of likely N-dealkylation sites (tertiary alicyclic amines) is 1. The Labute approximate surface area is 79.9 Å². The standard InChI is InChI=1S/C10H20NO2/c1-7(2)10(13)9-5-8(12)6-11(9,3)4/h7-9,12H,5-6H2,1-4H3/q+1/t8-,9-/m1/s1. The first-order valence-electron chi connectivity index (χ1n) is 4.89. The smallest absolute Gasteiger partial charge is 0.192 e. The predicted molar refractivity (Wildman–Crippen MR) is 51.2 cm³/mol. The Morgan fingerprint density at radius 2 is 2.00 bits per heavy atom.